The molecule has 0 bridgehead atoms. The molecular formula is C18H20Cl2FN3O2. The highest BCUT2D eigenvalue weighted by Gasteiger charge is 2.20. The van der Waals surface area contributed by atoms with E-state index in [2.05, 4.69) is 22.5 Å². The van der Waals surface area contributed by atoms with Crippen LogP contribution in [0.25, 0.3) is 0 Å². The van der Waals surface area contributed by atoms with Gasteiger partial charge in [0.05, 0.1) is 10.6 Å². The molecular weight excluding hydrogens is 380 g/mol. The van der Waals surface area contributed by atoms with E-state index in [1.54, 1.807) is 18.2 Å². The first-order chi connectivity index (χ1) is 12.0. The van der Waals surface area contributed by atoms with E-state index in [9.17, 15) is 9.18 Å². The van der Waals surface area contributed by atoms with Crippen LogP contribution in [0.15, 0.2) is 36.4 Å². The van der Waals surface area contributed by atoms with Gasteiger partial charge in [-0.25, -0.2) is 4.39 Å². The lowest BCUT2D eigenvalue weighted by atomic mass is 10.0. The third-order valence-corrected chi connectivity index (χ3v) is 4.32. The number of halogens is 3. The molecule has 0 aliphatic carbocycles. The minimum Gasteiger partial charge on any atom is -0.474 e. The maximum atomic E-state index is 13.1. The summed E-state index contributed by atoms with van der Waals surface area (Å²) in [5.74, 6) is -0.136. The molecule has 2 aromatic rings. The minimum absolute atomic E-state index is 0. The third-order valence-electron chi connectivity index (χ3n) is 4.00. The van der Waals surface area contributed by atoms with Crippen LogP contribution in [0, 0.1) is 5.82 Å². The highest BCUT2D eigenvalue weighted by Crippen LogP contribution is 2.21. The van der Waals surface area contributed by atoms with Crippen molar-refractivity contribution in [1.29, 1.82) is 0 Å². The number of rotatable bonds is 4. The van der Waals surface area contributed by atoms with Gasteiger partial charge in [0.15, 0.2) is 0 Å². The lowest BCUT2D eigenvalue weighted by molar-refractivity contribution is 0.102. The second kappa shape index (κ2) is 9.16. The van der Waals surface area contributed by atoms with E-state index in [-0.39, 0.29) is 29.1 Å². The van der Waals surface area contributed by atoms with Crippen LogP contribution in [0.4, 0.5) is 10.2 Å². The fraction of sp³-hybridized carbons (Fsp3) is 0.333. The van der Waals surface area contributed by atoms with Gasteiger partial charge in [-0.3, -0.25) is 4.79 Å². The van der Waals surface area contributed by atoms with Gasteiger partial charge in [0.25, 0.3) is 5.91 Å². The van der Waals surface area contributed by atoms with Gasteiger partial charge in [-0.1, -0.05) is 17.7 Å². The van der Waals surface area contributed by atoms with Crippen molar-refractivity contribution in [2.75, 3.05) is 11.9 Å². The number of hydrogen-bond donors (Lipinski definition) is 2. The van der Waals surface area contributed by atoms with Gasteiger partial charge in [0.1, 0.15) is 17.7 Å². The predicted octanol–water partition coefficient (Wildman–Crippen LogP) is 4.07. The molecule has 26 heavy (non-hydrogen) atoms. The monoisotopic (exact) mass is 399 g/mol. The lowest BCUT2D eigenvalue weighted by Gasteiger charge is -2.28. The van der Waals surface area contributed by atoms with Crippen molar-refractivity contribution in [2.24, 2.45) is 0 Å². The van der Waals surface area contributed by atoms with E-state index < -0.39 is 11.7 Å². The Morgan fingerprint density at radius 3 is 2.92 bits per heavy atom. The number of carbonyl (C=O) groups is 1. The molecule has 1 saturated heterocycles. The maximum Gasteiger partial charge on any atom is 0.258 e. The number of ether oxygens (including phenoxy) is 1. The van der Waals surface area contributed by atoms with Crippen molar-refractivity contribution < 1.29 is 13.9 Å². The molecule has 1 aromatic carbocycles. The summed E-state index contributed by atoms with van der Waals surface area (Å²) in [4.78, 5) is 16.6. The normalized spacial score (nSPS) is 19.3. The molecule has 2 heterocycles. The first kappa shape index (κ1) is 20.4. The van der Waals surface area contributed by atoms with Crippen LogP contribution in [-0.4, -0.2) is 29.6 Å². The Hall–Kier alpha value is -1.89. The Morgan fingerprint density at radius 1 is 1.38 bits per heavy atom. The van der Waals surface area contributed by atoms with Crippen LogP contribution in [0.3, 0.4) is 0 Å². The lowest BCUT2D eigenvalue weighted by Crippen LogP contribution is -2.40. The molecule has 0 saturated carbocycles. The van der Waals surface area contributed by atoms with E-state index in [1.807, 2.05) is 0 Å². The number of aromatic nitrogens is 1. The van der Waals surface area contributed by atoms with Gasteiger partial charge < -0.3 is 15.4 Å². The number of nitrogens with zero attached hydrogens (tertiary/aromatic N) is 1. The van der Waals surface area contributed by atoms with Crippen molar-refractivity contribution in [2.45, 2.75) is 31.9 Å². The first-order valence-electron chi connectivity index (χ1n) is 8.15. The quantitative estimate of drug-likeness (QED) is 0.813. The number of hydrogen-bond acceptors (Lipinski definition) is 4. The van der Waals surface area contributed by atoms with Crippen LogP contribution >= 0.6 is 24.0 Å². The molecule has 2 atom stereocenters. The molecule has 0 spiro atoms. The number of benzene rings is 1. The van der Waals surface area contributed by atoms with Crippen LogP contribution in [0.5, 0.6) is 5.88 Å². The fourth-order valence-corrected chi connectivity index (χ4v) is 3.02. The summed E-state index contributed by atoms with van der Waals surface area (Å²) in [6.45, 7) is 3.03. The maximum absolute atomic E-state index is 13.1. The zero-order valence-corrected chi connectivity index (χ0v) is 15.7. The van der Waals surface area contributed by atoms with Gasteiger partial charge >= 0.3 is 0 Å². The smallest absolute Gasteiger partial charge is 0.258 e. The van der Waals surface area contributed by atoms with Gasteiger partial charge in [0, 0.05) is 12.1 Å². The molecule has 2 N–H and O–H groups in total. The summed E-state index contributed by atoms with van der Waals surface area (Å²) in [7, 11) is 0. The van der Waals surface area contributed by atoms with Crippen LogP contribution in [-0.2, 0) is 0 Å². The first-order valence-corrected chi connectivity index (χ1v) is 8.52. The molecule has 0 unspecified atom stereocenters. The number of nitrogens with one attached hydrogen (secondary N) is 2. The summed E-state index contributed by atoms with van der Waals surface area (Å²) in [6.07, 6.45) is 1.92. The highest BCUT2D eigenvalue weighted by atomic mass is 35.5. The van der Waals surface area contributed by atoms with Crippen LogP contribution < -0.4 is 15.4 Å². The van der Waals surface area contributed by atoms with E-state index in [0.717, 1.165) is 25.5 Å². The van der Waals surface area contributed by atoms with Crippen molar-refractivity contribution in [3.05, 3.63) is 52.8 Å². The second-order valence-electron chi connectivity index (χ2n) is 6.06. The molecule has 1 aliphatic rings. The third kappa shape index (κ3) is 5.30. The van der Waals surface area contributed by atoms with Gasteiger partial charge in [-0.2, -0.15) is 4.98 Å². The van der Waals surface area contributed by atoms with Gasteiger partial charge in [-0.05, 0) is 50.6 Å². The molecule has 0 radical (unpaired) electrons. The van der Waals surface area contributed by atoms with E-state index >= 15 is 0 Å². The summed E-state index contributed by atoms with van der Waals surface area (Å²) >= 11 is 5.91. The number of pyridine rings is 1. The van der Waals surface area contributed by atoms with Crippen LogP contribution in [0.2, 0.25) is 5.02 Å². The summed E-state index contributed by atoms with van der Waals surface area (Å²) in [5.41, 5.74) is 0.184. The van der Waals surface area contributed by atoms with Gasteiger partial charge in [0.2, 0.25) is 5.88 Å². The van der Waals surface area contributed by atoms with Crippen molar-refractivity contribution >= 4 is 35.7 Å². The standard InChI is InChI=1S/C18H19ClFN3O2.ClH/c1-11-9-13(7-8-21-11)25-17-4-2-3-16(22-17)23-18(24)14-6-5-12(20)10-15(14)19;/h2-6,10-11,13,21H,7-9H2,1H3,(H,22,23,24);1H/t11-,13+;/m1./s1. The Kier molecular flexibility index (Phi) is 7.20. The number of piperidine rings is 1. The van der Waals surface area contributed by atoms with E-state index in [4.69, 9.17) is 16.3 Å². The SMILES string of the molecule is C[C@@H]1C[C@@H](Oc2cccc(NC(=O)c3ccc(F)cc3Cl)n2)CCN1.Cl. The summed E-state index contributed by atoms with van der Waals surface area (Å²) < 4.78 is 19.0. The Labute approximate surface area is 162 Å². The average Bonchev–Trinajstić information content (AvgIpc) is 2.55. The number of amides is 1. The predicted molar refractivity (Wildman–Crippen MR) is 102 cm³/mol. The second-order valence-corrected chi connectivity index (χ2v) is 6.47. The number of anilines is 1. The Bertz CT molecular complexity index is 776. The topological polar surface area (TPSA) is 63.2 Å². The molecule has 5 nitrogen and oxygen atoms in total. The molecule has 1 amide bonds. The number of carbonyl (C=O) groups excluding carboxylic acids is 1. The van der Waals surface area contributed by atoms with Gasteiger partial charge in [-0.15, -0.1) is 12.4 Å². The summed E-state index contributed by atoms with van der Waals surface area (Å²) in [6, 6.07) is 9.20. The van der Waals surface area contributed by atoms with Crippen LogP contribution in [0.1, 0.15) is 30.1 Å². The molecule has 1 aliphatic heterocycles. The van der Waals surface area contributed by atoms with E-state index in [0.29, 0.717) is 17.7 Å². The molecule has 1 fully saturated rings. The fourth-order valence-electron chi connectivity index (χ4n) is 2.77. The molecule has 1 aromatic heterocycles. The molecule has 3 rings (SSSR count). The van der Waals surface area contributed by atoms with E-state index in [1.165, 1.54) is 12.1 Å². The Balaban J connectivity index is 0.00000243. The Morgan fingerprint density at radius 2 is 2.19 bits per heavy atom. The molecule has 8 heteroatoms. The average molecular weight is 400 g/mol. The zero-order valence-electron chi connectivity index (χ0n) is 14.2. The largest absolute Gasteiger partial charge is 0.474 e. The van der Waals surface area contributed by atoms with Crippen molar-refractivity contribution in [3.8, 4) is 5.88 Å². The van der Waals surface area contributed by atoms with Crippen molar-refractivity contribution in [1.82, 2.24) is 10.3 Å². The zero-order chi connectivity index (χ0) is 17.8. The molecule has 140 valence electrons. The highest BCUT2D eigenvalue weighted by molar-refractivity contribution is 6.34. The van der Waals surface area contributed by atoms with Crippen molar-refractivity contribution in [3.63, 3.8) is 0 Å². The summed E-state index contributed by atoms with van der Waals surface area (Å²) in [5, 5.41) is 6.07. The minimum atomic E-state index is -0.494.